The zero-order chi connectivity index (χ0) is 13.2. The zero-order valence-electron chi connectivity index (χ0n) is 11.9. The van der Waals surface area contributed by atoms with Crippen molar-refractivity contribution in [3.05, 3.63) is 29.3 Å². The molecule has 0 spiro atoms. The van der Waals surface area contributed by atoms with E-state index < -0.39 is 0 Å². The Labute approximate surface area is 105 Å². The van der Waals surface area contributed by atoms with Crippen LogP contribution in [-0.2, 0) is 6.54 Å². The quantitative estimate of drug-likeness (QED) is 0.865. The average Bonchev–Trinajstić information content (AvgIpc) is 2.22. The lowest BCUT2D eigenvalue weighted by atomic mass is 9.87. The number of rotatable bonds is 3. The van der Waals surface area contributed by atoms with Gasteiger partial charge in [0.25, 0.3) is 0 Å². The van der Waals surface area contributed by atoms with Crippen molar-refractivity contribution in [1.29, 1.82) is 0 Å². The van der Waals surface area contributed by atoms with Crippen LogP contribution in [0, 0.1) is 12.3 Å². The lowest BCUT2D eigenvalue weighted by Crippen LogP contribution is -2.38. The van der Waals surface area contributed by atoms with Gasteiger partial charge in [0.1, 0.15) is 5.75 Å². The minimum atomic E-state index is 0.244. The van der Waals surface area contributed by atoms with Gasteiger partial charge in [-0.25, -0.2) is 0 Å². The first-order valence-corrected chi connectivity index (χ1v) is 6.21. The maximum Gasteiger partial charge on any atom is 0.122 e. The van der Waals surface area contributed by atoms with Crippen LogP contribution >= 0.6 is 0 Å². The second-order valence-corrected chi connectivity index (χ2v) is 6.04. The summed E-state index contributed by atoms with van der Waals surface area (Å²) < 4.78 is 0. The summed E-state index contributed by atoms with van der Waals surface area (Å²) in [6.07, 6.45) is 0. The van der Waals surface area contributed by atoms with Crippen molar-refractivity contribution < 1.29 is 5.11 Å². The molecule has 1 aromatic rings. The highest BCUT2D eigenvalue weighted by molar-refractivity contribution is 5.39. The molecule has 0 fully saturated rings. The number of phenolic OH excluding ortho intramolecular Hbond substituents is 1. The van der Waals surface area contributed by atoms with Crippen molar-refractivity contribution in [3.63, 3.8) is 0 Å². The molecule has 0 aliphatic rings. The monoisotopic (exact) mass is 235 g/mol. The van der Waals surface area contributed by atoms with Crippen LogP contribution in [0.3, 0.4) is 0 Å². The summed E-state index contributed by atoms with van der Waals surface area (Å²) in [5.74, 6) is 0.431. The van der Waals surface area contributed by atoms with Crippen molar-refractivity contribution in [2.24, 2.45) is 5.41 Å². The minimum Gasteiger partial charge on any atom is -0.507 e. The standard InChI is InChI=1S/C15H25NO/c1-11-8-7-9-13(14(11)17)10-16(6)12(2)15(3,4)5/h7-9,12,17H,10H2,1-6H3. The number of hydrogen-bond acceptors (Lipinski definition) is 2. The SMILES string of the molecule is Cc1cccc(CN(C)C(C)C(C)(C)C)c1O. The number of phenols is 1. The van der Waals surface area contributed by atoms with Gasteiger partial charge in [-0.2, -0.15) is 0 Å². The first-order valence-electron chi connectivity index (χ1n) is 6.21. The molecule has 1 aromatic carbocycles. The summed E-state index contributed by atoms with van der Waals surface area (Å²) in [4.78, 5) is 2.29. The Hall–Kier alpha value is -1.02. The van der Waals surface area contributed by atoms with Crippen LogP contribution in [-0.4, -0.2) is 23.1 Å². The Balaban J connectivity index is 2.81. The number of aryl methyl sites for hydroxylation is 1. The molecule has 1 N–H and O–H groups in total. The Bertz CT molecular complexity index is 379. The fourth-order valence-electron chi connectivity index (χ4n) is 1.91. The molecule has 0 saturated heterocycles. The molecule has 0 aromatic heterocycles. The number of hydrogen-bond donors (Lipinski definition) is 1. The first kappa shape index (κ1) is 14.0. The maximum atomic E-state index is 10.0. The molecule has 0 aliphatic carbocycles. The van der Waals surface area contributed by atoms with Gasteiger partial charge in [0, 0.05) is 18.2 Å². The molecule has 0 bridgehead atoms. The molecule has 0 radical (unpaired) electrons. The molecule has 0 heterocycles. The third-order valence-corrected chi connectivity index (χ3v) is 3.66. The summed E-state index contributed by atoms with van der Waals surface area (Å²) in [5, 5.41) is 10.0. The zero-order valence-corrected chi connectivity index (χ0v) is 11.9. The van der Waals surface area contributed by atoms with Gasteiger partial charge in [-0.1, -0.05) is 39.0 Å². The predicted octanol–water partition coefficient (Wildman–Crippen LogP) is 3.57. The van der Waals surface area contributed by atoms with Gasteiger partial charge in [-0.15, -0.1) is 0 Å². The predicted molar refractivity (Wildman–Crippen MR) is 73.2 cm³/mol. The summed E-state index contributed by atoms with van der Waals surface area (Å²) >= 11 is 0. The number of nitrogens with zero attached hydrogens (tertiary/aromatic N) is 1. The molecule has 0 amide bonds. The smallest absolute Gasteiger partial charge is 0.122 e. The fraction of sp³-hybridized carbons (Fsp3) is 0.600. The lowest BCUT2D eigenvalue weighted by molar-refractivity contribution is 0.133. The second kappa shape index (κ2) is 5.09. The van der Waals surface area contributed by atoms with Crippen LogP contribution in [0.4, 0.5) is 0 Å². The van der Waals surface area contributed by atoms with Crippen molar-refractivity contribution in [2.45, 2.75) is 47.2 Å². The summed E-state index contributed by atoms with van der Waals surface area (Å²) in [6, 6.07) is 6.39. The van der Waals surface area contributed by atoms with E-state index in [1.54, 1.807) is 0 Å². The van der Waals surface area contributed by atoms with Crippen molar-refractivity contribution in [1.82, 2.24) is 4.90 Å². The Morgan fingerprint density at radius 3 is 2.41 bits per heavy atom. The molecule has 2 nitrogen and oxygen atoms in total. The number of aromatic hydroxyl groups is 1. The molecule has 17 heavy (non-hydrogen) atoms. The molecular weight excluding hydrogens is 210 g/mol. The van der Waals surface area contributed by atoms with Gasteiger partial charge in [0.05, 0.1) is 0 Å². The minimum absolute atomic E-state index is 0.244. The Morgan fingerprint density at radius 1 is 1.29 bits per heavy atom. The molecule has 1 unspecified atom stereocenters. The van der Waals surface area contributed by atoms with E-state index in [9.17, 15) is 5.11 Å². The van der Waals surface area contributed by atoms with Gasteiger partial charge < -0.3 is 5.11 Å². The van der Waals surface area contributed by atoms with E-state index in [0.717, 1.165) is 17.7 Å². The number of para-hydroxylation sites is 1. The van der Waals surface area contributed by atoms with Crippen LogP contribution in [0.2, 0.25) is 0 Å². The highest BCUT2D eigenvalue weighted by atomic mass is 16.3. The second-order valence-electron chi connectivity index (χ2n) is 6.04. The van der Waals surface area contributed by atoms with Crippen LogP contribution in [0.15, 0.2) is 18.2 Å². The van der Waals surface area contributed by atoms with Gasteiger partial charge in [-0.05, 0) is 31.9 Å². The molecule has 1 atom stereocenters. The van der Waals surface area contributed by atoms with Gasteiger partial charge in [0.2, 0.25) is 0 Å². The highest BCUT2D eigenvalue weighted by Crippen LogP contribution is 2.27. The number of benzene rings is 1. The van der Waals surface area contributed by atoms with Crippen LogP contribution < -0.4 is 0 Å². The van der Waals surface area contributed by atoms with E-state index in [1.165, 1.54) is 0 Å². The summed E-state index contributed by atoms with van der Waals surface area (Å²) in [6.45, 7) is 11.7. The van der Waals surface area contributed by atoms with E-state index in [1.807, 2.05) is 25.1 Å². The normalized spacial score (nSPS) is 14.1. The molecule has 0 saturated carbocycles. The molecule has 1 rings (SSSR count). The summed E-state index contributed by atoms with van der Waals surface area (Å²) in [7, 11) is 2.11. The average molecular weight is 235 g/mol. The van der Waals surface area contributed by atoms with E-state index in [2.05, 4.69) is 39.6 Å². The molecule has 96 valence electrons. The topological polar surface area (TPSA) is 23.5 Å². The lowest BCUT2D eigenvalue weighted by Gasteiger charge is -2.35. The van der Waals surface area contributed by atoms with E-state index in [-0.39, 0.29) is 5.41 Å². The van der Waals surface area contributed by atoms with E-state index >= 15 is 0 Å². The fourth-order valence-corrected chi connectivity index (χ4v) is 1.91. The maximum absolute atomic E-state index is 10.0. The van der Waals surface area contributed by atoms with Crippen LogP contribution in [0.1, 0.15) is 38.8 Å². The third kappa shape index (κ3) is 3.47. The van der Waals surface area contributed by atoms with Crippen LogP contribution in [0.25, 0.3) is 0 Å². The molecule has 0 aliphatic heterocycles. The van der Waals surface area contributed by atoms with Crippen molar-refractivity contribution in [2.75, 3.05) is 7.05 Å². The molecular formula is C15H25NO. The van der Waals surface area contributed by atoms with Gasteiger partial charge in [0.15, 0.2) is 0 Å². The first-order chi connectivity index (χ1) is 7.73. The third-order valence-electron chi connectivity index (χ3n) is 3.66. The van der Waals surface area contributed by atoms with E-state index in [0.29, 0.717) is 11.8 Å². The Kier molecular flexibility index (Phi) is 4.21. The van der Waals surface area contributed by atoms with Gasteiger partial charge in [-0.3, -0.25) is 4.90 Å². The molecule has 2 heteroatoms. The Morgan fingerprint density at radius 2 is 1.88 bits per heavy atom. The van der Waals surface area contributed by atoms with E-state index in [4.69, 9.17) is 0 Å². The highest BCUT2D eigenvalue weighted by Gasteiger charge is 2.24. The van der Waals surface area contributed by atoms with Gasteiger partial charge >= 0.3 is 0 Å². The summed E-state index contributed by atoms with van der Waals surface area (Å²) in [5.41, 5.74) is 2.19. The van der Waals surface area contributed by atoms with Crippen LogP contribution in [0.5, 0.6) is 5.75 Å². The largest absolute Gasteiger partial charge is 0.507 e. The van der Waals surface area contributed by atoms with Crippen molar-refractivity contribution in [3.8, 4) is 5.75 Å². The van der Waals surface area contributed by atoms with Crippen molar-refractivity contribution >= 4 is 0 Å².